The number of aryl methyl sites for hydroxylation is 1. The van der Waals surface area contributed by atoms with Gasteiger partial charge in [-0.25, -0.2) is 22.5 Å². The van der Waals surface area contributed by atoms with Crippen LogP contribution in [0.25, 0.3) is 0 Å². The zero-order chi connectivity index (χ0) is 14.8. The summed E-state index contributed by atoms with van der Waals surface area (Å²) < 4.78 is 39.6. The van der Waals surface area contributed by atoms with Crippen molar-refractivity contribution in [2.24, 2.45) is 0 Å². The van der Waals surface area contributed by atoms with E-state index in [4.69, 9.17) is 5.26 Å². The molecular formula is C12H10FN3O2S2. The molecule has 0 saturated carbocycles. The van der Waals surface area contributed by atoms with Crippen LogP contribution in [-0.4, -0.2) is 13.4 Å². The summed E-state index contributed by atoms with van der Waals surface area (Å²) in [5.74, 6) is -0.746. The summed E-state index contributed by atoms with van der Waals surface area (Å²) in [6.07, 6.45) is 1.59. The van der Waals surface area contributed by atoms with Crippen molar-refractivity contribution in [3.8, 4) is 6.07 Å². The molecule has 0 saturated heterocycles. The molecule has 1 N–H and O–H groups in total. The predicted octanol–water partition coefficient (Wildman–Crippen LogP) is 1.94. The second-order valence-electron chi connectivity index (χ2n) is 3.92. The van der Waals surface area contributed by atoms with Crippen LogP contribution in [0.1, 0.15) is 15.4 Å². The van der Waals surface area contributed by atoms with Crippen molar-refractivity contribution in [1.29, 1.82) is 5.26 Å². The van der Waals surface area contributed by atoms with Gasteiger partial charge in [-0.3, -0.25) is 0 Å². The lowest BCUT2D eigenvalue weighted by atomic mass is 10.2. The van der Waals surface area contributed by atoms with Crippen molar-refractivity contribution in [3.05, 3.63) is 45.7 Å². The number of aromatic nitrogens is 1. The Kier molecular flexibility index (Phi) is 4.13. The average molecular weight is 311 g/mol. The minimum absolute atomic E-state index is 0.104. The first-order valence-corrected chi connectivity index (χ1v) is 7.83. The van der Waals surface area contributed by atoms with Gasteiger partial charge in [-0.05, 0) is 25.1 Å². The first kappa shape index (κ1) is 14.6. The minimum Gasteiger partial charge on any atom is -0.250 e. The van der Waals surface area contributed by atoms with Crippen molar-refractivity contribution in [2.75, 3.05) is 0 Å². The molecule has 5 nitrogen and oxygen atoms in total. The van der Waals surface area contributed by atoms with Crippen LogP contribution in [0.2, 0.25) is 0 Å². The van der Waals surface area contributed by atoms with Crippen molar-refractivity contribution in [2.45, 2.75) is 18.4 Å². The number of sulfonamides is 1. The van der Waals surface area contributed by atoms with E-state index in [1.165, 1.54) is 11.3 Å². The highest BCUT2D eigenvalue weighted by Gasteiger charge is 2.16. The molecule has 2 rings (SSSR count). The molecule has 0 fully saturated rings. The Morgan fingerprint density at radius 3 is 2.85 bits per heavy atom. The van der Waals surface area contributed by atoms with E-state index in [-0.39, 0.29) is 17.0 Å². The molecule has 0 aliphatic carbocycles. The summed E-state index contributed by atoms with van der Waals surface area (Å²) in [5.41, 5.74) is -0.304. The third-order valence-electron chi connectivity index (χ3n) is 2.47. The summed E-state index contributed by atoms with van der Waals surface area (Å²) in [7, 11) is -3.79. The predicted molar refractivity (Wildman–Crippen MR) is 72.0 cm³/mol. The van der Waals surface area contributed by atoms with Gasteiger partial charge in [0.1, 0.15) is 11.9 Å². The summed E-state index contributed by atoms with van der Waals surface area (Å²) in [4.78, 5) is 4.65. The zero-order valence-corrected chi connectivity index (χ0v) is 12.1. The highest BCUT2D eigenvalue weighted by atomic mass is 32.2. The molecule has 1 aromatic heterocycles. The Morgan fingerprint density at radius 2 is 2.25 bits per heavy atom. The van der Waals surface area contributed by atoms with Crippen LogP contribution in [0.5, 0.6) is 0 Å². The number of halogens is 1. The number of nitriles is 1. The number of thiazole rings is 1. The van der Waals surface area contributed by atoms with Crippen molar-refractivity contribution in [1.82, 2.24) is 9.71 Å². The van der Waals surface area contributed by atoms with E-state index < -0.39 is 15.8 Å². The molecule has 8 heteroatoms. The van der Waals surface area contributed by atoms with Gasteiger partial charge in [0.05, 0.1) is 15.5 Å². The first-order chi connectivity index (χ1) is 9.42. The minimum atomic E-state index is -3.79. The lowest BCUT2D eigenvalue weighted by Gasteiger charge is -2.06. The van der Waals surface area contributed by atoms with E-state index in [1.54, 1.807) is 12.3 Å². The summed E-state index contributed by atoms with van der Waals surface area (Å²) >= 11 is 1.38. The van der Waals surface area contributed by atoms with Gasteiger partial charge < -0.3 is 0 Å². The first-order valence-electron chi connectivity index (χ1n) is 5.53. The van der Waals surface area contributed by atoms with E-state index in [0.717, 1.165) is 28.1 Å². The maximum absolute atomic E-state index is 13.2. The fourth-order valence-corrected chi connectivity index (χ4v) is 3.35. The van der Waals surface area contributed by atoms with Crippen molar-refractivity contribution >= 4 is 21.4 Å². The maximum Gasteiger partial charge on any atom is 0.240 e. The molecular weight excluding hydrogens is 301 g/mol. The molecule has 1 heterocycles. The Hall–Kier alpha value is -1.82. The number of hydrogen-bond acceptors (Lipinski definition) is 5. The van der Waals surface area contributed by atoms with Gasteiger partial charge >= 0.3 is 0 Å². The number of nitrogens with zero attached hydrogens (tertiary/aromatic N) is 2. The van der Waals surface area contributed by atoms with Crippen LogP contribution in [0.15, 0.2) is 29.3 Å². The number of rotatable bonds is 4. The van der Waals surface area contributed by atoms with Gasteiger partial charge in [0.2, 0.25) is 10.0 Å². The molecule has 0 spiro atoms. The van der Waals surface area contributed by atoms with Gasteiger partial charge in [-0.1, -0.05) is 0 Å². The van der Waals surface area contributed by atoms with Crippen molar-refractivity contribution in [3.63, 3.8) is 0 Å². The van der Waals surface area contributed by atoms with Crippen LogP contribution in [0, 0.1) is 24.1 Å². The van der Waals surface area contributed by atoms with Crippen LogP contribution < -0.4 is 4.72 Å². The molecule has 0 amide bonds. The van der Waals surface area contributed by atoms with Gasteiger partial charge in [0.25, 0.3) is 0 Å². The Morgan fingerprint density at radius 1 is 1.50 bits per heavy atom. The van der Waals surface area contributed by atoms with E-state index in [9.17, 15) is 12.8 Å². The summed E-state index contributed by atoms with van der Waals surface area (Å²) in [5, 5.41) is 9.55. The van der Waals surface area contributed by atoms with E-state index in [0.29, 0.717) is 0 Å². The number of nitrogens with one attached hydrogen (secondary N) is 1. The second-order valence-corrected chi connectivity index (χ2v) is 7.01. The molecule has 1 aromatic carbocycles. The van der Waals surface area contributed by atoms with Gasteiger partial charge in [0.15, 0.2) is 0 Å². The molecule has 0 aliphatic heterocycles. The SMILES string of the molecule is Cc1ncc(CNS(=O)(=O)c2ccc(F)c(C#N)c2)s1. The summed E-state index contributed by atoms with van der Waals surface area (Å²) in [6, 6.07) is 4.70. The van der Waals surface area contributed by atoms with Crippen LogP contribution in [-0.2, 0) is 16.6 Å². The van der Waals surface area contributed by atoms with Crippen LogP contribution in [0.4, 0.5) is 4.39 Å². The molecule has 0 aliphatic rings. The number of hydrogen-bond donors (Lipinski definition) is 1. The van der Waals surface area contributed by atoms with Gasteiger partial charge in [0, 0.05) is 17.6 Å². The molecule has 104 valence electrons. The molecule has 0 unspecified atom stereocenters. The monoisotopic (exact) mass is 311 g/mol. The number of benzene rings is 1. The highest BCUT2D eigenvalue weighted by Crippen LogP contribution is 2.16. The largest absolute Gasteiger partial charge is 0.250 e. The lowest BCUT2D eigenvalue weighted by Crippen LogP contribution is -2.23. The van der Waals surface area contributed by atoms with Crippen molar-refractivity contribution < 1.29 is 12.8 Å². The smallest absolute Gasteiger partial charge is 0.240 e. The highest BCUT2D eigenvalue weighted by molar-refractivity contribution is 7.89. The second kappa shape index (κ2) is 5.66. The zero-order valence-electron chi connectivity index (χ0n) is 10.4. The Labute approximate surface area is 119 Å². The molecule has 0 bridgehead atoms. The fourth-order valence-electron chi connectivity index (χ4n) is 1.49. The van der Waals surface area contributed by atoms with E-state index >= 15 is 0 Å². The lowest BCUT2D eigenvalue weighted by molar-refractivity contribution is 0.580. The standard InChI is InChI=1S/C12H10FN3O2S2/c1-8-15-6-10(19-8)7-16-20(17,18)11-2-3-12(13)9(4-11)5-14/h2-4,6,16H,7H2,1H3. The van der Waals surface area contributed by atoms with E-state index in [1.807, 2.05) is 6.92 Å². The van der Waals surface area contributed by atoms with Crippen LogP contribution in [0.3, 0.4) is 0 Å². The quantitative estimate of drug-likeness (QED) is 0.935. The Balaban J connectivity index is 2.20. The van der Waals surface area contributed by atoms with Gasteiger partial charge in [-0.15, -0.1) is 11.3 Å². The maximum atomic E-state index is 13.2. The van der Waals surface area contributed by atoms with Gasteiger partial charge in [-0.2, -0.15) is 5.26 Å². The summed E-state index contributed by atoms with van der Waals surface area (Å²) in [6.45, 7) is 1.93. The van der Waals surface area contributed by atoms with Crippen LogP contribution >= 0.6 is 11.3 Å². The average Bonchev–Trinajstić information content (AvgIpc) is 2.83. The van der Waals surface area contributed by atoms with E-state index in [2.05, 4.69) is 9.71 Å². The third kappa shape index (κ3) is 3.19. The third-order valence-corrected chi connectivity index (χ3v) is 4.79. The molecule has 2 aromatic rings. The fraction of sp³-hybridized carbons (Fsp3) is 0.167. The normalized spacial score (nSPS) is 11.2. The molecule has 20 heavy (non-hydrogen) atoms. The topological polar surface area (TPSA) is 82.8 Å². The molecule has 0 atom stereocenters. The Bertz CT molecular complexity index is 778. The molecule has 0 radical (unpaired) electrons.